The van der Waals surface area contributed by atoms with Crippen LogP contribution in [0.15, 0.2) is 84.1 Å². The number of aromatic nitrogens is 4. The average molecular weight is 452 g/mol. The minimum absolute atomic E-state index is 0.185. The smallest absolute Gasteiger partial charge is 0.280 e. The molecule has 0 unspecified atom stereocenters. The molecule has 2 N–H and O–H groups in total. The summed E-state index contributed by atoms with van der Waals surface area (Å²) >= 11 is 0. The van der Waals surface area contributed by atoms with Gasteiger partial charge in [0.1, 0.15) is 5.82 Å². The van der Waals surface area contributed by atoms with Gasteiger partial charge in [0.25, 0.3) is 5.91 Å². The first-order chi connectivity index (χ1) is 16.7. The lowest BCUT2D eigenvalue weighted by Gasteiger charge is -2.27. The highest BCUT2D eigenvalue weighted by Crippen LogP contribution is 2.29. The molecule has 7 nitrogen and oxygen atoms in total. The van der Waals surface area contributed by atoms with Gasteiger partial charge in [0.15, 0.2) is 0 Å². The number of rotatable bonds is 3. The normalized spacial score (nSPS) is 19.1. The lowest BCUT2D eigenvalue weighted by Crippen LogP contribution is -2.29. The van der Waals surface area contributed by atoms with E-state index >= 15 is 0 Å². The molecule has 34 heavy (non-hydrogen) atoms. The molecule has 3 aromatic heterocycles. The number of imidazole rings is 1. The van der Waals surface area contributed by atoms with E-state index in [2.05, 4.69) is 25.6 Å². The zero-order chi connectivity index (χ0) is 23.1. The SMILES string of the molecule is O=C(/N=c1\[nH]c2ccccc2n1[C@H]1CC[C@@H](O)CC1)c1ccnc(-n2ccc3ccccc32)c1. The van der Waals surface area contributed by atoms with Gasteiger partial charge in [0.2, 0.25) is 5.62 Å². The number of aliphatic hydroxyl groups is 1. The van der Waals surface area contributed by atoms with Crippen LogP contribution in [-0.2, 0) is 0 Å². The van der Waals surface area contributed by atoms with Crippen LogP contribution in [0.25, 0.3) is 27.8 Å². The van der Waals surface area contributed by atoms with E-state index < -0.39 is 0 Å². The van der Waals surface area contributed by atoms with Crippen LogP contribution in [0.5, 0.6) is 0 Å². The summed E-state index contributed by atoms with van der Waals surface area (Å²) < 4.78 is 4.10. The summed E-state index contributed by atoms with van der Waals surface area (Å²) in [4.78, 5) is 25.6. The van der Waals surface area contributed by atoms with Crippen molar-refractivity contribution in [2.75, 3.05) is 0 Å². The number of hydrogen-bond donors (Lipinski definition) is 2. The van der Waals surface area contributed by atoms with Crippen molar-refractivity contribution < 1.29 is 9.90 Å². The van der Waals surface area contributed by atoms with E-state index in [1.807, 2.05) is 59.3 Å². The van der Waals surface area contributed by atoms with Gasteiger partial charge >= 0.3 is 0 Å². The Bertz CT molecular complexity index is 1570. The molecule has 3 heterocycles. The Morgan fingerprint density at radius 3 is 2.59 bits per heavy atom. The first-order valence-corrected chi connectivity index (χ1v) is 11.7. The highest BCUT2D eigenvalue weighted by atomic mass is 16.3. The molecular formula is C27H25N5O2. The second-order valence-electron chi connectivity index (χ2n) is 8.86. The molecule has 1 amide bonds. The van der Waals surface area contributed by atoms with Gasteiger partial charge in [-0.25, -0.2) is 4.98 Å². The maximum atomic E-state index is 13.3. The van der Waals surface area contributed by atoms with Crippen molar-refractivity contribution in [2.45, 2.75) is 37.8 Å². The van der Waals surface area contributed by atoms with E-state index in [9.17, 15) is 9.90 Å². The van der Waals surface area contributed by atoms with Crippen molar-refractivity contribution in [3.63, 3.8) is 0 Å². The van der Waals surface area contributed by atoms with E-state index in [0.29, 0.717) is 17.0 Å². The van der Waals surface area contributed by atoms with Gasteiger partial charge in [-0.1, -0.05) is 30.3 Å². The molecule has 5 aromatic rings. The number of carbonyl (C=O) groups is 1. The van der Waals surface area contributed by atoms with Crippen LogP contribution < -0.4 is 5.62 Å². The molecule has 0 bridgehead atoms. The Hall–Kier alpha value is -3.97. The Balaban J connectivity index is 1.41. The second kappa shape index (κ2) is 8.43. The minimum atomic E-state index is -0.323. The molecule has 170 valence electrons. The zero-order valence-electron chi connectivity index (χ0n) is 18.6. The summed E-state index contributed by atoms with van der Waals surface area (Å²) in [6.07, 6.45) is 6.57. The van der Waals surface area contributed by atoms with Crippen LogP contribution in [0.2, 0.25) is 0 Å². The number of nitrogens with one attached hydrogen (secondary N) is 1. The quantitative estimate of drug-likeness (QED) is 0.423. The first-order valence-electron chi connectivity index (χ1n) is 11.7. The predicted molar refractivity (Wildman–Crippen MR) is 131 cm³/mol. The summed E-state index contributed by atoms with van der Waals surface area (Å²) in [5, 5.41) is 11.1. The highest BCUT2D eigenvalue weighted by molar-refractivity contribution is 5.95. The number of pyridine rings is 1. The Morgan fingerprint density at radius 1 is 0.971 bits per heavy atom. The topological polar surface area (TPSA) is 88.2 Å². The van der Waals surface area contributed by atoms with Crippen LogP contribution in [-0.4, -0.2) is 36.2 Å². The molecule has 0 saturated heterocycles. The fourth-order valence-electron chi connectivity index (χ4n) is 4.98. The monoisotopic (exact) mass is 451 g/mol. The largest absolute Gasteiger partial charge is 0.393 e. The number of nitrogens with zero attached hydrogens (tertiary/aromatic N) is 4. The molecule has 1 fully saturated rings. The summed E-state index contributed by atoms with van der Waals surface area (Å²) in [7, 11) is 0. The third-order valence-electron chi connectivity index (χ3n) is 6.72. The van der Waals surface area contributed by atoms with Gasteiger partial charge in [0.05, 0.1) is 22.7 Å². The molecule has 1 aliphatic carbocycles. The maximum absolute atomic E-state index is 13.3. The molecule has 0 atom stereocenters. The molecule has 6 rings (SSSR count). The van der Waals surface area contributed by atoms with Crippen LogP contribution in [0.4, 0.5) is 0 Å². The number of hydrogen-bond acceptors (Lipinski definition) is 3. The number of aromatic amines is 1. The lowest BCUT2D eigenvalue weighted by molar-refractivity contribution is 0.0990. The molecule has 0 radical (unpaired) electrons. The molecule has 2 aromatic carbocycles. The molecule has 0 aliphatic heterocycles. The fraction of sp³-hybridized carbons (Fsp3) is 0.222. The molecule has 7 heteroatoms. The van der Waals surface area contributed by atoms with E-state index in [4.69, 9.17) is 0 Å². The van der Waals surface area contributed by atoms with Gasteiger partial charge < -0.3 is 19.2 Å². The number of carbonyl (C=O) groups excluding carboxylic acids is 1. The number of fused-ring (bicyclic) bond motifs is 2. The molecule has 0 spiro atoms. The maximum Gasteiger partial charge on any atom is 0.280 e. The Morgan fingerprint density at radius 2 is 1.74 bits per heavy atom. The van der Waals surface area contributed by atoms with Crippen molar-refractivity contribution in [1.82, 2.24) is 19.1 Å². The fourth-order valence-corrected chi connectivity index (χ4v) is 4.98. The van der Waals surface area contributed by atoms with E-state index in [-0.39, 0.29) is 18.1 Å². The Labute approximate surface area is 196 Å². The van der Waals surface area contributed by atoms with Crippen LogP contribution >= 0.6 is 0 Å². The third-order valence-corrected chi connectivity index (χ3v) is 6.72. The van der Waals surface area contributed by atoms with Crippen molar-refractivity contribution in [2.24, 2.45) is 4.99 Å². The van der Waals surface area contributed by atoms with Crippen LogP contribution in [0.1, 0.15) is 42.1 Å². The van der Waals surface area contributed by atoms with Gasteiger partial charge in [-0.2, -0.15) is 4.99 Å². The van der Waals surface area contributed by atoms with Crippen molar-refractivity contribution in [3.05, 3.63) is 90.3 Å². The lowest BCUT2D eigenvalue weighted by atomic mass is 9.93. The van der Waals surface area contributed by atoms with Crippen LogP contribution in [0.3, 0.4) is 0 Å². The summed E-state index contributed by atoms with van der Waals surface area (Å²) in [6.45, 7) is 0. The van der Waals surface area contributed by atoms with Gasteiger partial charge in [-0.05, 0) is 67.5 Å². The number of amides is 1. The number of aliphatic hydroxyl groups excluding tert-OH is 1. The van der Waals surface area contributed by atoms with Crippen LogP contribution in [0, 0.1) is 0 Å². The average Bonchev–Trinajstić information content (AvgIpc) is 3.46. The standard InChI is InChI=1S/C27H25N5O2/c33-21-11-9-20(10-12-21)32-24-8-4-2-6-22(24)29-27(32)30-26(34)19-13-15-28-25(17-19)31-16-14-18-5-1-3-7-23(18)31/h1-8,13-17,20-21,33H,9-12H2,(H,29,30,34)/t20-,21+. The third kappa shape index (κ3) is 3.64. The zero-order valence-corrected chi connectivity index (χ0v) is 18.6. The second-order valence-corrected chi connectivity index (χ2v) is 8.86. The number of benzene rings is 2. The molecule has 1 aliphatic rings. The molecule has 1 saturated carbocycles. The Kier molecular flexibility index (Phi) is 5.11. The van der Waals surface area contributed by atoms with Gasteiger partial charge in [-0.15, -0.1) is 0 Å². The van der Waals surface area contributed by atoms with Crippen molar-refractivity contribution >= 4 is 27.8 Å². The van der Waals surface area contributed by atoms with Gasteiger partial charge in [0, 0.05) is 24.0 Å². The minimum Gasteiger partial charge on any atom is -0.393 e. The van der Waals surface area contributed by atoms with E-state index in [1.165, 1.54) is 0 Å². The van der Waals surface area contributed by atoms with Crippen molar-refractivity contribution in [1.29, 1.82) is 0 Å². The summed E-state index contributed by atoms with van der Waals surface area (Å²) in [5.41, 5.74) is 4.01. The molecular weight excluding hydrogens is 426 g/mol. The number of H-pyrrole nitrogens is 1. The van der Waals surface area contributed by atoms with E-state index in [0.717, 1.165) is 47.6 Å². The highest BCUT2D eigenvalue weighted by Gasteiger charge is 2.23. The van der Waals surface area contributed by atoms with E-state index in [1.54, 1.807) is 18.3 Å². The van der Waals surface area contributed by atoms with Crippen molar-refractivity contribution in [3.8, 4) is 5.82 Å². The number of para-hydroxylation sites is 3. The van der Waals surface area contributed by atoms with Gasteiger partial charge in [-0.3, -0.25) is 4.79 Å². The predicted octanol–water partition coefficient (Wildman–Crippen LogP) is 4.53. The summed E-state index contributed by atoms with van der Waals surface area (Å²) in [6, 6.07) is 21.8. The summed E-state index contributed by atoms with van der Waals surface area (Å²) in [5.74, 6) is 0.351. The first kappa shape index (κ1) is 20.6.